The zero-order valence-electron chi connectivity index (χ0n) is 21.8. The predicted octanol–water partition coefficient (Wildman–Crippen LogP) is 3.49. The molecule has 1 rings (SSSR count). The van der Waals surface area contributed by atoms with Crippen LogP contribution in [0.5, 0.6) is 0 Å². The Labute approximate surface area is 217 Å². The summed E-state index contributed by atoms with van der Waals surface area (Å²) in [6.07, 6.45) is 21.4. The highest BCUT2D eigenvalue weighted by molar-refractivity contribution is 4.65. The maximum atomic E-state index is 9.77. The van der Waals surface area contributed by atoms with Crippen molar-refractivity contribution in [1.29, 1.82) is 0 Å². The molecule has 1 heterocycles. The van der Waals surface area contributed by atoms with Gasteiger partial charge in [0.25, 0.3) is 0 Å². The molecule has 0 bridgehead atoms. The molecule has 0 aromatic rings. The standard InChI is InChI=1S/C27H56NO3.HI/c1-4-6-7-8-9-10-11-12-13-14-15-16-17-18-23-30-25-27(31-5-2)24-28(3)21-19-26(29)20-22-28;/h26-27,29H,4-25H2,1-3H3;1H/q+1;/p-1. The van der Waals surface area contributed by atoms with Crippen LogP contribution in [0.4, 0.5) is 0 Å². The third kappa shape index (κ3) is 18.0. The van der Waals surface area contributed by atoms with Gasteiger partial charge in [0.05, 0.1) is 32.8 Å². The summed E-state index contributed by atoms with van der Waals surface area (Å²) in [4.78, 5) is 0. The van der Waals surface area contributed by atoms with Crippen LogP contribution in [0.25, 0.3) is 0 Å². The second-order valence-corrected chi connectivity index (χ2v) is 10.2. The summed E-state index contributed by atoms with van der Waals surface area (Å²) >= 11 is 0. The van der Waals surface area contributed by atoms with E-state index in [1.165, 1.54) is 89.9 Å². The molecule has 0 amide bonds. The van der Waals surface area contributed by atoms with E-state index in [1.807, 2.05) is 0 Å². The van der Waals surface area contributed by atoms with Gasteiger partial charge in [0.15, 0.2) is 0 Å². The van der Waals surface area contributed by atoms with Gasteiger partial charge in [-0.2, -0.15) is 0 Å². The molecule has 0 aromatic heterocycles. The molecule has 0 saturated carbocycles. The second-order valence-electron chi connectivity index (χ2n) is 10.2. The number of nitrogens with zero attached hydrogens (tertiary/aromatic N) is 1. The van der Waals surface area contributed by atoms with E-state index < -0.39 is 0 Å². The molecule has 1 N–H and O–H groups in total. The lowest BCUT2D eigenvalue weighted by Crippen LogP contribution is -3.00. The largest absolute Gasteiger partial charge is 1.00 e. The van der Waals surface area contributed by atoms with Crippen LogP contribution in [-0.4, -0.2) is 68.3 Å². The minimum Gasteiger partial charge on any atom is -1.00 e. The van der Waals surface area contributed by atoms with Crippen molar-refractivity contribution in [3.63, 3.8) is 0 Å². The second kappa shape index (κ2) is 22.1. The van der Waals surface area contributed by atoms with E-state index in [4.69, 9.17) is 9.47 Å². The van der Waals surface area contributed by atoms with Gasteiger partial charge < -0.3 is 43.0 Å². The van der Waals surface area contributed by atoms with Crippen molar-refractivity contribution in [1.82, 2.24) is 0 Å². The van der Waals surface area contributed by atoms with Crippen LogP contribution in [0.2, 0.25) is 0 Å². The molecule has 0 spiro atoms. The number of likely N-dealkylation sites (tertiary alicyclic amines) is 1. The number of piperidine rings is 1. The SMILES string of the molecule is CCCCCCCCCCCCCCCCOCC(C[N+]1(C)CCC(O)CC1)OCC.[I-]. The fourth-order valence-electron chi connectivity index (χ4n) is 4.85. The van der Waals surface area contributed by atoms with Gasteiger partial charge in [0.2, 0.25) is 0 Å². The van der Waals surface area contributed by atoms with Gasteiger partial charge in [-0.05, 0) is 13.3 Å². The number of rotatable bonds is 21. The van der Waals surface area contributed by atoms with Crippen LogP contribution in [0.15, 0.2) is 0 Å². The number of hydrogen-bond acceptors (Lipinski definition) is 3. The van der Waals surface area contributed by atoms with E-state index in [-0.39, 0.29) is 36.2 Å². The average molecular weight is 570 g/mol. The van der Waals surface area contributed by atoms with E-state index in [2.05, 4.69) is 20.9 Å². The fraction of sp³-hybridized carbons (Fsp3) is 1.00. The van der Waals surface area contributed by atoms with Crippen LogP contribution in [0.3, 0.4) is 0 Å². The van der Waals surface area contributed by atoms with Gasteiger partial charge in [-0.3, -0.25) is 0 Å². The van der Waals surface area contributed by atoms with E-state index >= 15 is 0 Å². The summed E-state index contributed by atoms with van der Waals surface area (Å²) in [6.45, 7) is 9.77. The number of unbranched alkanes of at least 4 members (excludes halogenated alkanes) is 13. The highest BCUT2D eigenvalue weighted by Crippen LogP contribution is 2.18. The molecule has 0 aliphatic carbocycles. The van der Waals surface area contributed by atoms with Crippen molar-refractivity contribution in [2.75, 3.05) is 46.5 Å². The highest BCUT2D eigenvalue weighted by atomic mass is 127. The zero-order valence-corrected chi connectivity index (χ0v) is 24.0. The van der Waals surface area contributed by atoms with Gasteiger partial charge in [-0.1, -0.05) is 90.4 Å². The number of quaternary nitrogens is 1. The number of hydrogen-bond donors (Lipinski definition) is 1. The van der Waals surface area contributed by atoms with Crippen molar-refractivity contribution in [2.24, 2.45) is 0 Å². The smallest absolute Gasteiger partial charge is 0.130 e. The first-order valence-corrected chi connectivity index (χ1v) is 13.8. The van der Waals surface area contributed by atoms with Crippen molar-refractivity contribution < 1.29 is 43.0 Å². The Hall–Kier alpha value is 0.570. The van der Waals surface area contributed by atoms with Crippen LogP contribution in [-0.2, 0) is 9.47 Å². The molecule has 0 aromatic carbocycles. The molecule has 194 valence electrons. The lowest BCUT2D eigenvalue weighted by atomic mass is 10.0. The topological polar surface area (TPSA) is 38.7 Å². The van der Waals surface area contributed by atoms with Crippen molar-refractivity contribution >= 4 is 0 Å². The monoisotopic (exact) mass is 569 g/mol. The molecule has 1 fully saturated rings. The Morgan fingerprint density at radius 2 is 1.25 bits per heavy atom. The van der Waals surface area contributed by atoms with Gasteiger partial charge in [0.1, 0.15) is 12.6 Å². The summed E-state index contributed by atoms with van der Waals surface area (Å²) in [5.41, 5.74) is 0. The maximum absolute atomic E-state index is 9.77. The first-order valence-electron chi connectivity index (χ1n) is 13.8. The van der Waals surface area contributed by atoms with Crippen LogP contribution in [0.1, 0.15) is 117 Å². The van der Waals surface area contributed by atoms with Crippen molar-refractivity contribution in [3.8, 4) is 0 Å². The zero-order chi connectivity index (χ0) is 22.6. The Morgan fingerprint density at radius 1 is 0.781 bits per heavy atom. The Bertz CT molecular complexity index is 389. The molecule has 1 saturated heterocycles. The summed E-state index contributed by atoms with van der Waals surface area (Å²) < 4.78 is 12.9. The van der Waals surface area contributed by atoms with Crippen LogP contribution in [0, 0.1) is 0 Å². The number of aliphatic hydroxyl groups excluding tert-OH is 1. The summed E-state index contributed by atoms with van der Waals surface area (Å²) in [5.74, 6) is 0. The summed E-state index contributed by atoms with van der Waals surface area (Å²) in [7, 11) is 2.30. The summed E-state index contributed by atoms with van der Waals surface area (Å²) in [6, 6.07) is 0. The van der Waals surface area contributed by atoms with E-state index in [0.717, 1.165) is 50.2 Å². The highest BCUT2D eigenvalue weighted by Gasteiger charge is 2.32. The average Bonchev–Trinajstić information content (AvgIpc) is 2.76. The number of likely N-dealkylation sites (N-methyl/N-ethyl adjacent to an activating group) is 1. The lowest BCUT2D eigenvalue weighted by molar-refractivity contribution is -0.918. The first-order chi connectivity index (χ1) is 15.1. The molecule has 0 radical (unpaired) electrons. The van der Waals surface area contributed by atoms with E-state index in [9.17, 15) is 5.11 Å². The van der Waals surface area contributed by atoms with Gasteiger partial charge >= 0.3 is 0 Å². The molecule has 1 aliphatic heterocycles. The minimum atomic E-state index is -0.103. The molecule has 1 aliphatic rings. The molecule has 5 heteroatoms. The van der Waals surface area contributed by atoms with Crippen LogP contribution >= 0.6 is 0 Å². The van der Waals surface area contributed by atoms with E-state index in [1.54, 1.807) is 0 Å². The Kier molecular flexibility index (Phi) is 22.5. The van der Waals surface area contributed by atoms with Gasteiger partial charge in [-0.15, -0.1) is 0 Å². The van der Waals surface area contributed by atoms with Crippen molar-refractivity contribution in [3.05, 3.63) is 0 Å². The third-order valence-electron chi connectivity index (χ3n) is 7.00. The molecule has 1 atom stereocenters. The molecular formula is C27H56INO3. The van der Waals surface area contributed by atoms with E-state index in [0.29, 0.717) is 6.61 Å². The van der Waals surface area contributed by atoms with Crippen LogP contribution < -0.4 is 24.0 Å². The molecular weight excluding hydrogens is 513 g/mol. The fourth-order valence-corrected chi connectivity index (χ4v) is 4.85. The maximum Gasteiger partial charge on any atom is 0.130 e. The van der Waals surface area contributed by atoms with Crippen molar-refractivity contribution in [2.45, 2.75) is 129 Å². The Morgan fingerprint density at radius 3 is 1.72 bits per heavy atom. The molecule has 1 unspecified atom stereocenters. The lowest BCUT2D eigenvalue weighted by Gasteiger charge is -2.41. The Balaban J connectivity index is 0.00000961. The number of ether oxygens (including phenoxy) is 2. The molecule has 32 heavy (non-hydrogen) atoms. The normalized spacial score (nSPS) is 21.9. The quantitative estimate of drug-likeness (QED) is 0.131. The summed E-state index contributed by atoms with van der Waals surface area (Å²) in [5, 5.41) is 9.77. The number of halogens is 1. The predicted molar refractivity (Wildman–Crippen MR) is 133 cm³/mol. The van der Waals surface area contributed by atoms with Gasteiger partial charge in [-0.25, -0.2) is 0 Å². The van der Waals surface area contributed by atoms with Gasteiger partial charge in [0, 0.05) is 26.1 Å². The molecule has 4 nitrogen and oxygen atoms in total. The number of aliphatic hydroxyl groups is 1. The minimum absolute atomic E-state index is 0. The first kappa shape index (κ1) is 32.6. The third-order valence-corrected chi connectivity index (χ3v) is 7.00.